The number of ether oxygens (including phenoxy) is 3. The van der Waals surface area contributed by atoms with Crippen molar-refractivity contribution in [2.45, 2.75) is 33.3 Å². The zero-order valence-corrected chi connectivity index (χ0v) is 17.0. The van der Waals surface area contributed by atoms with Gasteiger partial charge in [-0.15, -0.1) is 11.3 Å². The number of nitrogens with one attached hydrogen (secondary N) is 1. The molecule has 0 saturated heterocycles. The maximum atomic E-state index is 12.7. The average Bonchev–Trinajstić information content (AvgIpc) is 3.18. The molecule has 0 aliphatic heterocycles. The van der Waals surface area contributed by atoms with E-state index in [-0.39, 0.29) is 12.5 Å². The molecule has 0 bridgehead atoms. The summed E-state index contributed by atoms with van der Waals surface area (Å²) in [6.07, 6.45) is 0. The quantitative estimate of drug-likeness (QED) is 0.645. The van der Waals surface area contributed by atoms with Gasteiger partial charge in [-0.05, 0) is 51.3 Å². The predicted molar refractivity (Wildman–Crippen MR) is 106 cm³/mol. The number of rotatable bonds is 10. The maximum absolute atomic E-state index is 12.7. The molecular formula is C20H27NO5S. The number of hydrogen-bond donors (Lipinski definition) is 2. The summed E-state index contributed by atoms with van der Waals surface area (Å²) in [6, 6.07) is 6.97. The van der Waals surface area contributed by atoms with Gasteiger partial charge < -0.3 is 24.6 Å². The zero-order chi connectivity index (χ0) is 19.9. The number of hydrogen-bond acceptors (Lipinski definition) is 6. The number of thiophene rings is 1. The van der Waals surface area contributed by atoms with Crippen LogP contribution in [0.3, 0.4) is 0 Å². The maximum Gasteiger partial charge on any atom is 0.251 e. The molecule has 0 saturated carbocycles. The van der Waals surface area contributed by atoms with Gasteiger partial charge in [0.1, 0.15) is 5.60 Å². The fourth-order valence-corrected chi connectivity index (χ4v) is 3.33. The van der Waals surface area contributed by atoms with Gasteiger partial charge in [-0.2, -0.15) is 0 Å². The van der Waals surface area contributed by atoms with Gasteiger partial charge in [0.2, 0.25) is 5.75 Å². The third-order valence-electron chi connectivity index (χ3n) is 3.82. The van der Waals surface area contributed by atoms with Crippen molar-refractivity contribution < 1.29 is 24.1 Å². The molecule has 2 rings (SSSR count). The molecule has 7 heteroatoms. The van der Waals surface area contributed by atoms with Crippen molar-refractivity contribution in [1.82, 2.24) is 5.32 Å². The smallest absolute Gasteiger partial charge is 0.251 e. The standard InChI is InChI=1S/C20H27NO5S/c1-5-24-15-11-14(12-16(25-6-2)18(15)26-7-3)19(22)21-13-20(4,23)17-9-8-10-27-17/h8-12,23H,5-7,13H2,1-4H3,(H,21,22). The Hall–Kier alpha value is -2.25. The first-order valence-corrected chi connectivity index (χ1v) is 9.91. The zero-order valence-electron chi connectivity index (χ0n) is 16.2. The van der Waals surface area contributed by atoms with Gasteiger partial charge in [-0.1, -0.05) is 6.07 Å². The van der Waals surface area contributed by atoms with Gasteiger partial charge in [-0.25, -0.2) is 0 Å². The Balaban J connectivity index is 2.24. The van der Waals surface area contributed by atoms with Crippen LogP contribution >= 0.6 is 11.3 Å². The van der Waals surface area contributed by atoms with E-state index in [4.69, 9.17) is 14.2 Å². The highest BCUT2D eigenvalue weighted by atomic mass is 32.1. The van der Waals surface area contributed by atoms with E-state index in [0.29, 0.717) is 42.6 Å². The molecule has 1 atom stereocenters. The molecule has 6 nitrogen and oxygen atoms in total. The van der Waals surface area contributed by atoms with Crippen molar-refractivity contribution in [1.29, 1.82) is 0 Å². The summed E-state index contributed by atoms with van der Waals surface area (Å²) in [6.45, 7) is 8.69. The summed E-state index contributed by atoms with van der Waals surface area (Å²) in [5.41, 5.74) is -0.757. The molecule has 0 spiro atoms. The molecule has 0 radical (unpaired) electrons. The fourth-order valence-electron chi connectivity index (χ4n) is 2.55. The van der Waals surface area contributed by atoms with E-state index in [9.17, 15) is 9.90 Å². The molecule has 1 heterocycles. The van der Waals surface area contributed by atoms with E-state index < -0.39 is 5.60 Å². The Morgan fingerprint density at radius 1 is 1.11 bits per heavy atom. The van der Waals surface area contributed by atoms with E-state index in [1.54, 1.807) is 19.1 Å². The van der Waals surface area contributed by atoms with Crippen molar-refractivity contribution in [3.63, 3.8) is 0 Å². The van der Waals surface area contributed by atoms with Gasteiger partial charge in [0.15, 0.2) is 11.5 Å². The number of benzene rings is 1. The SMILES string of the molecule is CCOc1cc(C(=O)NCC(C)(O)c2cccs2)cc(OCC)c1OCC. The second-order valence-corrected chi connectivity index (χ2v) is 6.98. The molecule has 1 unspecified atom stereocenters. The molecule has 1 aromatic carbocycles. The van der Waals surface area contributed by atoms with Crippen LogP contribution < -0.4 is 19.5 Å². The van der Waals surface area contributed by atoms with E-state index in [1.165, 1.54) is 11.3 Å². The van der Waals surface area contributed by atoms with Crippen LogP contribution in [-0.2, 0) is 5.60 Å². The summed E-state index contributed by atoms with van der Waals surface area (Å²) in [7, 11) is 0. The van der Waals surface area contributed by atoms with Crippen molar-refractivity contribution in [3.8, 4) is 17.2 Å². The van der Waals surface area contributed by atoms with Crippen molar-refractivity contribution in [2.24, 2.45) is 0 Å². The molecule has 2 aromatic rings. The Bertz CT molecular complexity index is 716. The van der Waals surface area contributed by atoms with Gasteiger partial charge in [0.25, 0.3) is 5.91 Å². The third-order valence-corrected chi connectivity index (χ3v) is 4.94. The van der Waals surface area contributed by atoms with E-state index in [2.05, 4.69) is 5.32 Å². The molecule has 0 aliphatic carbocycles. The van der Waals surface area contributed by atoms with Crippen molar-refractivity contribution in [2.75, 3.05) is 26.4 Å². The molecular weight excluding hydrogens is 366 g/mol. The van der Waals surface area contributed by atoms with Crippen LogP contribution in [-0.4, -0.2) is 37.4 Å². The van der Waals surface area contributed by atoms with Crippen LogP contribution in [0.15, 0.2) is 29.6 Å². The minimum Gasteiger partial charge on any atom is -0.490 e. The molecule has 148 valence electrons. The first kappa shape index (κ1) is 21.1. The summed E-state index contributed by atoms with van der Waals surface area (Å²) in [4.78, 5) is 13.5. The number of carbonyl (C=O) groups excluding carboxylic acids is 1. The van der Waals surface area contributed by atoms with Gasteiger partial charge in [0.05, 0.1) is 26.4 Å². The summed E-state index contributed by atoms with van der Waals surface area (Å²) >= 11 is 1.45. The van der Waals surface area contributed by atoms with Crippen LogP contribution in [0.1, 0.15) is 42.9 Å². The Labute approximate surface area is 164 Å². The highest BCUT2D eigenvalue weighted by molar-refractivity contribution is 7.10. The van der Waals surface area contributed by atoms with Crippen LogP contribution in [0.25, 0.3) is 0 Å². The molecule has 1 aromatic heterocycles. The Morgan fingerprint density at radius 3 is 2.19 bits per heavy atom. The molecule has 2 N–H and O–H groups in total. The number of amides is 1. The lowest BCUT2D eigenvalue weighted by Gasteiger charge is -2.22. The molecule has 27 heavy (non-hydrogen) atoms. The second kappa shape index (κ2) is 9.62. The lowest BCUT2D eigenvalue weighted by Crippen LogP contribution is -2.38. The van der Waals surface area contributed by atoms with Gasteiger partial charge in [-0.3, -0.25) is 4.79 Å². The predicted octanol–water partition coefficient (Wildman–Crippen LogP) is 3.58. The minimum absolute atomic E-state index is 0.0908. The Morgan fingerprint density at radius 2 is 1.70 bits per heavy atom. The van der Waals surface area contributed by atoms with E-state index >= 15 is 0 Å². The van der Waals surface area contributed by atoms with E-state index in [1.807, 2.05) is 38.3 Å². The number of carbonyl (C=O) groups is 1. The number of aliphatic hydroxyl groups is 1. The summed E-state index contributed by atoms with van der Waals surface area (Å²) < 4.78 is 16.9. The molecule has 0 fully saturated rings. The van der Waals surface area contributed by atoms with Crippen LogP contribution in [0.4, 0.5) is 0 Å². The lowest BCUT2D eigenvalue weighted by atomic mass is 10.0. The minimum atomic E-state index is -1.14. The van der Waals surface area contributed by atoms with Gasteiger partial charge in [0, 0.05) is 10.4 Å². The van der Waals surface area contributed by atoms with Crippen LogP contribution in [0.5, 0.6) is 17.2 Å². The Kier molecular flexibility index (Phi) is 7.50. The third kappa shape index (κ3) is 5.37. The fraction of sp³-hybridized carbons (Fsp3) is 0.450. The highest BCUT2D eigenvalue weighted by Crippen LogP contribution is 2.39. The molecule has 0 aliphatic rings. The highest BCUT2D eigenvalue weighted by Gasteiger charge is 2.26. The monoisotopic (exact) mass is 393 g/mol. The summed E-state index contributed by atoms with van der Waals surface area (Å²) in [5, 5.41) is 15.3. The van der Waals surface area contributed by atoms with Crippen molar-refractivity contribution >= 4 is 17.2 Å². The largest absolute Gasteiger partial charge is 0.490 e. The van der Waals surface area contributed by atoms with Crippen LogP contribution in [0, 0.1) is 0 Å². The normalized spacial score (nSPS) is 12.9. The first-order valence-electron chi connectivity index (χ1n) is 9.03. The average molecular weight is 394 g/mol. The second-order valence-electron chi connectivity index (χ2n) is 6.03. The molecule has 1 amide bonds. The van der Waals surface area contributed by atoms with E-state index in [0.717, 1.165) is 4.88 Å². The van der Waals surface area contributed by atoms with Crippen molar-refractivity contribution in [3.05, 3.63) is 40.1 Å². The topological polar surface area (TPSA) is 77.0 Å². The van der Waals surface area contributed by atoms with Gasteiger partial charge >= 0.3 is 0 Å². The first-order chi connectivity index (χ1) is 12.9. The lowest BCUT2D eigenvalue weighted by molar-refractivity contribution is 0.0556. The summed E-state index contributed by atoms with van der Waals surface area (Å²) in [5.74, 6) is 1.08. The van der Waals surface area contributed by atoms with Crippen LogP contribution in [0.2, 0.25) is 0 Å².